The number of hydrogen-bond acceptors (Lipinski definition) is 5. The van der Waals surface area contributed by atoms with Crippen LogP contribution in [-0.4, -0.2) is 17.1 Å². The smallest absolute Gasteiger partial charge is 0.119 e. The molecule has 2 N–H and O–H groups in total. The summed E-state index contributed by atoms with van der Waals surface area (Å²) in [5, 5.41) is 3.07. The standard InChI is InChI=1S/C15H13N3OS/c1-19-11-3-2-10-4-7-18-15(12(10)8-11)20-14-5-6-17-9-13(14)16/h2-9H,16H2,1H3. The Kier molecular flexibility index (Phi) is 3.43. The first-order chi connectivity index (χ1) is 9.78. The molecule has 3 rings (SSSR count). The number of anilines is 1. The average Bonchev–Trinajstić information content (AvgIpc) is 2.49. The molecule has 4 nitrogen and oxygen atoms in total. The lowest BCUT2D eigenvalue weighted by atomic mass is 10.2. The number of nitrogens with zero attached hydrogens (tertiary/aromatic N) is 2. The lowest BCUT2D eigenvalue weighted by Crippen LogP contribution is -1.91. The van der Waals surface area contributed by atoms with Crippen molar-refractivity contribution in [2.75, 3.05) is 12.8 Å². The van der Waals surface area contributed by atoms with Gasteiger partial charge in [-0.3, -0.25) is 4.98 Å². The van der Waals surface area contributed by atoms with E-state index in [0.717, 1.165) is 26.4 Å². The Morgan fingerprint density at radius 3 is 2.85 bits per heavy atom. The van der Waals surface area contributed by atoms with Gasteiger partial charge in [0.15, 0.2) is 0 Å². The number of methoxy groups -OCH3 is 1. The molecule has 0 fully saturated rings. The van der Waals surface area contributed by atoms with Gasteiger partial charge < -0.3 is 10.5 Å². The van der Waals surface area contributed by atoms with Gasteiger partial charge in [-0.05, 0) is 29.7 Å². The Morgan fingerprint density at radius 2 is 2.05 bits per heavy atom. The zero-order valence-corrected chi connectivity index (χ0v) is 11.7. The average molecular weight is 283 g/mol. The number of ether oxygens (including phenoxy) is 1. The van der Waals surface area contributed by atoms with Crippen molar-refractivity contribution >= 4 is 28.2 Å². The van der Waals surface area contributed by atoms with Gasteiger partial charge in [0, 0.05) is 22.7 Å². The fraction of sp³-hybridized carbons (Fsp3) is 0.0667. The van der Waals surface area contributed by atoms with Crippen LogP contribution in [0.3, 0.4) is 0 Å². The number of pyridine rings is 2. The summed E-state index contributed by atoms with van der Waals surface area (Å²) in [6.45, 7) is 0. The molecule has 0 amide bonds. The fourth-order valence-corrected chi connectivity index (χ4v) is 2.83. The third-order valence-electron chi connectivity index (χ3n) is 2.95. The SMILES string of the molecule is COc1ccc2ccnc(Sc3ccncc3N)c2c1. The topological polar surface area (TPSA) is 61.0 Å². The normalized spacial score (nSPS) is 10.7. The summed E-state index contributed by atoms with van der Waals surface area (Å²) >= 11 is 1.53. The van der Waals surface area contributed by atoms with Gasteiger partial charge in [-0.2, -0.15) is 0 Å². The first-order valence-corrected chi connectivity index (χ1v) is 6.89. The Balaban J connectivity index is 2.09. The maximum absolute atomic E-state index is 5.93. The maximum atomic E-state index is 5.93. The molecule has 0 aliphatic heterocycles. The van der Waals surface area contributed by atoms with Crippen molar-refractivity contribution in [3.8, 4) is 5.75 Å². The summed E-state index contributed by atoms with van der Waals surface area (Å²) in [6.07, 6.45) is 5.17. The van der Waals surface area contributed by atoms with E-state index in [1.165, 1.54) is 11.8 Å². The highest BCUT2D eigenvalue weighted by atomic mass is 32.2. The molecule has 5 heteroatoms. The summed E-state index contributed by atoms with van der Waals surface area (Å²) in [6, 6.07) is 9.82. The quantitative estimate of drug-likeness (QED) is 0.798. The van der Waals surface area contributed by atoms with Gasteiger partial charge in [-0.1, -0.05) is 17.8 Å². The van der Waals surface area contributed by atoms with Crippen LogP contribution in [0.2, 0.25) is 0 Å². The number of aromatic nitrogens is 2. The Morgan fingerprint density at radius 1 is 1.15 bits per heavy atom. The summed E-state index contributed by atoms with van der Waals surface area (Å²) < 4.78 is 5.28. The van der Waals surface area contributed by atoms with Crippen LogP contribution < -0.4 is 10.5 Å². The summed E-state index contributed by atoms with van der Waals surface area (Å²) in [4.78, 5) is 9.39. The van der Waals surface area contributed by atoms with Gasteiger partial charge in [-0.15, -0.1) is 0 Å². The fourth-order valence-electron chi connectivity index (χ4n) is 1.92. The van der Waals surface area contributed by atoms with E-state index in [9.17, 15) is 0 Å². The maximum Gasteiger partial charge on any atom is 0.119 e. The minimum absolute atomic E-state index is 0.652. The van der Waals surface area contributed by atoms with Gasteiger partial charge in [0.05, 0.1) is 19.0 Å². The van der Waals surface area contributed by atoms with Crippen LogP contribution in [0.25, 0.3) is 10.8 Å². The molecule has 0 aliphatic rings. The first-order valence-electron chi connectivity index (χ1n) is 6.08. The number of rotatable bonds is 3. The van der Waals surface area contributed by atoms with Gasteiger partial charge in [0.2, 0.25) is 0 Å². The molecule has 100 valence electrons. The molecule has 0 saturated heterocycles. The molecule has 20 heavy (non-hydrogen) atoms. The number of benzene rings is 1. The Hall–Kier alpha value is -2.27. The second-order valence-electron chi connectivity index (χ2n) is 4.22. The molecule has 0 saturated carbocycles. The molecule has 0 unspecified atom stereocenters. The van der Waals surface area contributed by atoms with Crippen molar-refractivity contribution in [3.63, 3.8) is 0 Å². The van der Waals surface area contributed by atoms with Gasteiger partial charge in [0.25, 0.3) is 0 Å². The first kappa shape index (κ1) is 12.7. The Bertz CT molecular complexity index is 761. The predicted octanol–water partition coefficient (Wildman–Crippen LogP) is 3.37. The van der Waals surface area contributed by atoms with Crippen molar-refractivity contribution in [1.29, 1.82) is 0 Å². The van der Waals surface area contributed by atoms with Crippen LogP contribution in [0.5, 0.6) is 5.75 Å². The molecule has 2 heterocycles. The van der Waals surface area contributed by atoms with E-state index in [4.69, 9.17) is 10.5 Å². The highest BCUT2D eigenvalue weighted by molar-refractivity contribution is 7.99. The molecule has 0 atom stereocenters. The van der Waals surface area contributed by atoms with Crippen molar-refractivity contribution in [2.45, 2.75) is 9.92 Å². The van der Waals surface area contributed by atoms with Crippen LogP contribution in [0.4, 0.5) is 5.69 Å². The minimum Gasteiger partial charge on any atom is -0.497 e. The van der Waals surface area contributed by atoms with E-state index in [0.29, 0.717) is 5.69 Å². The van der Waals surface area contributed by atoms with Crippen molar-refractivity contribution in [1.82, 2.24) is 9.97 Å². The second-order valence-corrected chi connectivity index (χ2v) is 5.25. The molecule has 2 aromatic heterocycles. The lowest BCUT2D eigenvalue weighted by Gasteiger charge is -2.08. The van der Waals surface area contributed by atoms with Crippen molar-refractivity contribution in [2.24, 2.45) is 0 Å². The molecule has 1 aromatic carbocycles. The van der Waals surface area contributed by atoms with Gasteiger partial charge in [0.1, 0.15) is 10.8 Å². The second kappa shape index (κ2) is 5.38. The zero-order chi connectivity index (χ0) is 13.9. The third kappa shape index (κ3) is 2.40. The largest absolute Gasteiger partial charge is 0.497 e. The molecular weight excluding hydrogens is 270 g/mol. The highest BCUT2D eigenvalue weighted by Gasteiger charge is 2.08. The summed E-state index contributed by atoms with van der Waals surface area (Å²) in [5.74, 6) is 0.815. The number of fused-ring (bicyclic) bond motifs is 1. The van der Waals surface area contributed by atoms with E-state index in [1.54, 1.807) is 25.7 Å². The molecule has 0 aliphatic carbocycles. The number of nitrogen functional groups attached to an aromatic ring is 1. The van der Waals surface area contributed by atoms with E-state index >= 15 is 0 Å². The van der Waals surface area contributed by atoms with Crippen LogP contribution in [0.15, 0.2) is 58.8 Å². The zero-order valence-electron chi connectivity index (χ0n) is 10.9. The third-order valence-corrected chi connectivity index (χ3v) is 4.06. The lowest BCUT2D eigenvalue weighted by molar-refractivity contribution is 0.415. The highest BCUT2D eigenvalue weighted by Crippen LogP contribution is 2.35. The molecule has 0 spiro atoms. The molecule has 0 radical (unpaired) electrons. The van der Waals surface area contributed by atoms with E-state index in [2.05, 4.69) is 9.97 Å². The van der Waals surface area contributed by atoms with E-state index in [-0.39, 0.29) is 0 Å². The molecule has 3 aromatic rings. The van der Waals surface area contributed by atoms with Gasteiger partial charge in [-0.25, -0.2) is 4.98 Å². The van der Waals surface area contributed by atoms with Crippen LogP contribution in [0.1, 0.15) is 0 Å². The minimum atomic E-state index is 0.652. The van der Waals surface area contributed by atoms with Crippen molar-refractivity contribution in [3.05, 3.63) is 48.9 Å². The van der Waals surface area contributed by atoms with Crippen molar-refractivity contribution < 1.29 is 4.74 Å². The van der Waals surface area contributed by atoms with E-state index in [1.807, 2.05) is 30.3 Å². The number of nitrogens with two attached hydrogens (primary N) is 1. The molecular formula is C15H13N3OS. The monoisotopic (exact) mass is 283 g/mol. The van der Waals surface area contributed by atoms with Crippen LogP contribution in [-0.2, 0) is 0 Å². The van der Waals surface area contributed by atoms with Gasteiger partial charge >= 0.3 is 0 Å². The number of hydrogen-bond donors (Lipinski definition) is 1. The van der Waals surface area contributed by atoms with Crippen LogP contribution in [0, 0.1) is 0 Å². The summed E-state index contributed by atoms with van der Waals surface area (Å²) in [7, 11) is 1.66. The van der Waals surface area contributed by atoms with Crippen LogP contribution >= 0.6 is 11.8 Å². The molecule has 0 bridgehead atoms. The summed E-state index contributed by atoms with van der Waals surface area (Å²) in [5.41, 5.74) is 6.58. The Labute approximate surface area is 121 Å². The predicted molar refractivity (Wildman–Crippen MR) is 81.1 cm³/mol. The van der Waals surface area contributed by atoms with E-state index < -0.39 is 0 Å².